The summed E-state index contributed by atoms with van der Waals surface area (Å²) in [6.07, 6.45) is -8.76. The minimum atomic E-state index is -5.22. The molecule has 30 heavy (non-hydrogen) atoms. The van der Waals surface area contributed by atoms with E-state index in [4.69, 9.17) is 9.84 Å². The van der Waals surface area contributed by atoms with Gasteiger partial charge in [0.25, 0.3) is 0 Å². The van der Waals surface area contributed by atoms with Gasteiger partial charge in [0.05, 0.1) is 30.9 Å². The first kappa shape index (κ1) is 24.2. The minimum absolute atomic E-state index is 0.0729. The van der Waals surface area contributed by atoms with Crippen molar-refractivity contribution >= 4 is 12.0 Å². The third-order valence-corrected chi connectivity index (χ3v) is 4.56. The van der Waals surface area contributed by atoms with E-state index in [2.05, 4.69) is 0 Å². The highest BCUT2D eigenvalue weighted by Gasteiger charge is 2.44. The number of halogens is 6. The second-order valence-corrected chi connectivity index (χ2v) is 6.60. The topological polar surface area (TPSA) is 53.0 Å². The fourth-order valence-corrected chi connectivity index (χ4v) is 3.08. The first-order valence-electron chi connectivity index (χ1n) is 9.19. The summed E-state index contributed by atoms with van der Waals surface area (Å²) in [4.78, 5) is 15.7. The lowest BCUT2D eigenvalue weighted by Gasteiger charge is -2.34. The van der Waals surface area contributed by atoms with E-state index in [1.54, 1.807) is 0 Å². The average molecular weight is 440 g/mol. The average Bonchev–Trinajstić information content (AvgIpc) is 2.68. The third-order valence-electron chi connectivity index (χ3n) is 4.56. The standard InChI is InChI=1S/C19H22F6N2O3/c20-18(21,22)15-3-1-2-14(17(15)19(23,24)25)4-5-16(29)27-8-6-26(7-9-27)10-12-30-13-11-28/h1-5,28H,6-13H2/b5-4+. The van der Waals surface area contributed by atoms with Crippen molar-refractivity contribution in [3.8, 4) is 0 Å². The molecule has 1 aromatic rings. The number of nitrogens with zero attached hydrogens (tertiary/aromatic N) is 2. The molecule has 0 aliphatic carbocycles. The maximum absolute atomic E-state index is 13.3. The molecule has 1 aliphatic heterocycles. The van der Waals surface area contributed by atoms with Crippen LogP contribution >= 0.6 is 0 Å². The normalized spacial score (nSPS) is 16.4. The first-order valence-corrected chi connectivity index (χ1v) is 9.19. The molecule has 11 heteroatoms. The van der Waals surface area contributed by atoms with Gasteiger partial charge in [-0.25, -0.2) is 0 Å². The molecule has 0 radical (unpaired) electrons. The van der Waals surface area contributed by atoms with E-state index < -0.39 is 35.0 Å². The zero-order valence-corrected chi connectivity index (χ0v) is 16.0. The smallest absolute Gasteiger partial charge is 0.394 e. The Morgan fingerprint density at radius 3 is 2.27 bits per heavy atom. The molecule has 1 amide bonds. The summed E-state index contributed by atoms with van der Waals surface area (Å²) in [6.45, 7) is 2.91. The van der Waals surface area contributed by atoms with Gasteiger partial charge in [-0.15, -0.1) is 0 Å². The van der Waals surface area contributed by atoms with E-state index in [0.29, 0.717) is 45.4 Å². The molecule has 5 nitrogen and oxygen atoms in total. The summed E-state index contributed by atoms with van der Waals surface area (Å²) in [5.74, 6) is -0.572. The molecule has 1 N–H and O–H groups in total. The predicted octanol–water partition coefficient (Wildman–Crippen LogP) is 2.89. The number of aliphatic hydroxyl groups is 1. The Kier molecular flexibility index (Phi) is 8.27. The zero-order chi connectivity index (χ0) is 22.4. The van der Waals surface area contributed by atoms with E-state index in [9.17, 15) is 31.1 Å². The van der Waals surface area contributed by atoms with Crippen LogP contribution in [0.15, 0.2) is 24.3 Å². The van der Waals surface area contributed by atoms with Crippen LogP contribution in [0.4, 0.5) is 26.3 Å². The van der Waals surface area contributed by atoms with E-state index in [0.717, 1.165) is 24.3 Å². The molecule has 1 aromatic carbocycles. The van der Waals surface area contributed by atoms with Gasteiger partial charge in [-0.2, -0.15) is 26.3 Å². The van der Waals surface area contributed by atoms with Gasteiger partial charge in [-0.1, -0.05) is 12.1 Å². The molecule has 0 spiro atoms. The summed E-state index contributed by atoms with van der Waals surface area (Å²) >= 11 is 0. The summed E-state index contributed by atoms with van der Waals surface area (Å²) in [5, 5.41) is 8.64. The number of carbonyl (C=O) groups excluding carboxylic acids is 1. The molecular weight excluding hydrogens is 418 g/mol. The molecule has 0 atom stereocenters. The summed E-state index contributed by atoms with van der Waals surface area (Å²) < 4.78 is 83.9. The fourth-order valence-electron chi connectivity index (χ4n) is 3.08. The van der Waals surface area contributed by atoms with E-state index in [-0.39, 0.29) is 13.2 Å². The molecule has 1 heterocycles. The number of alkyl halides is 6. The van der Waals surface area contributed by atoms with Gasteiger partial charge in [-0.3, -0.25) is 9.69 Å². The summed E-state index contributed by atoms with van der Waals surface area (Å²) in [5.41, 5.74) is -4.32. The number of hydrogen-bond acceptors (Lipinski definition) is 4. The highest BCUT2D eigenvalue weighted by atomic mass is 19.4. The van der Waals surface area contributed by atoms with Crippen molar-refractivity contribution in [1.29, 1.82) is 0 Å². The maximum atomic E-state index is 13.3. The summed E-state index contributed by atoms with van der Waals surface area (Å²) in [7, 11) is 0. The van der Waals surface area contributed by atoms with E-state index in [1.165, 1.54) is 4.90 Å². The monoisotopic (exact) mass is 440 g/mol. The lowest BCUT2D eigenvalue weighted by atomic mass is 9.99. The number of piperazine rings is 1. The number of hydrogen-bond donors (Lipinski definition) is 1. The number of rotatable bonds is 7. The highest BCUT2D eigenvalue weighted by molar-refractivity contribution is 5.92. The van der Waals surface area contributed by atoms with Crippen LogP contribution in [-0.4, -0.2) is 73.4 Å². The quantitative estimate of drug-likeness (QED) is 0.403. The van der Waals surface area contributed by atoms with Crippen molar-refractivity contribution in [2.45, 2.75) is 12.4 Å². The Hall–Kier alpha value is -2.11. The molecule has 0 aromatic heterocycles. The van der Waals surface area contributed by atoms with Gasteiger partial charge >= 0.3 is 12.4 Å². The molecular formula is C19H22F6N2O3. The van der Waals surface area contributed by atoms with Crippen LogP contribution in [0.25, 0.3) is 6.08 Å². The van der Waals surface area contributed by atoms with Crippen molar-refractivity contribution in [3.63, 3.8) is 0 Å². The molecule has 1 fully saturated rings. The van der Waals surface area contributed by atoms with Gasteiger partial charge in [0.2, 0.25) is 5.91 Å². The van der Waals surface area contributed by atoms with Gasteiger partial charge in [-0.05, 0) is 17.7 Å². The Morgan fingerprint density at radius 1 is 1.03 bits per heavy atom. The number of benzene rings is 1. The van der Waals surface area contributed by atoms with Gasteiger partial charge in [0.1, 0.15) is 0 Å². The fraction of sp³-hybridized carbons (Fsp3) is 0.526. The Bertz CT molecular complexity index is 741. The van der Waals surface area contributed by atoms with Crippen molar-refractivity contribution in [2.24, 2.45) is 0 Å². The lowest BCUT2D eigenvalue weighted by molar-refractivity contribution is -0.162. The Morgan fingerprint density at radius 2 is 1.70 bits per heavy atom. The number of amides is 1. The molecule has 0 saturated carbocycles. The number of carbonyl (C=O) groups is 1. The Balaban J connectivity index is 2.04. The summed E-state index contributed by atoms with van der Waals surface area (Å²) in [6, 6.07) is 2.14. The second kappa shape index (κ2) is 10.3. The largest absolute Gasteiger partial charge is 0.417 e. The van der Waals surface area contributed by atoms with Gasteiger partial charge < -0.3 is 14.7 Å². The zero-order valence-electron chi connectivity index (χ0n) is 16.0. The van der Waals surface area contributed by atoms with Crippen molar-refractivity contribution in [1.82, 2.24) is 9.80 Å². The molecule has 2 rings (SSSR count). The molecule has 168 valence electrons. The Labute approximate surface area is 169 Å². The SMILES string of the molecule is O=C(/C=C/c1cccc(C(F)(F)F)c1C(F)(F)F)N1CCN(CCOCCO)CC1. The molecule has 0 bridgehead atoms. The highest BCUT2D eigenvalue weighted by Crippen LogP contribution is 2.42. The lowest BCUT2D eigenvalue weighted by Crippen LogP contribution is -2.49. The van der Waals surface area contributed by atoms with Crippen LogP contribution in [-0.2, 0) is 21.9 Å². The van der Waals surface area contributed by atoms with Crippen molar-refractivity contribution in [3.05, 3.63) is 41.0 Å². The van der Waals surface area contributed by atoms with Crippen LogP contribution in [0.3, 0.4) is 0 Å². The third kappa shape index (κ3) is 6.71. The molecule has 1 aliphatic rings. The van der Waals surface area contributed by atoms with Gasteiger partial charge in [0.15, 0.2) is 0 Å². The first-order chi connectivity index (χ1) is 14.0. The van der Waals surface area contributed by atoms with Crippen LogP contribution in [0.1, 0.15) is 16.7 Å². The van der Waals surface area contributed by atoms with Gasteiger partial charge in [0, 0.05) is 38.8 Å². The van der Waals surface area contributed by atoms with Crippen LogP contribution in [0.2, 0.25) is 0 Å². The predicted molar refractivity (Wildman–Crippen MR) is 96.4 cm³/mol. The van der Waals surface area contributed by atoms with E-state index in [1.807, 2.05) is 4.90 Å². The second-order valence-electron chi connectivity index (χ2n) is 6.60. The maximum Gasteiger partial charge on any atom is 0.417 e. The molecule has 1 saturated heterocycles. The van der Waals surface area contributed by atoms with E-state index >= 15 is 0 Å². The number of aliphatic hydroxyl groups excluding tert-OH is 1. The van der Waals surface area contributed by atoms with Crippen molar-refractivity contribution < 1.29 is 41.0 Å². The van der Waals surface area contributed by atoms with Crippen molar-refractivity contribution in [2.75, 3.05) is 52.5 Å². The molecule has 0 unspecified atom stereocenters. The number of ether oxygens (including phenoxy) is 1. The minimum Gasteiger partial charge on any atom is -0.394 e. The van der Waals surface area contributed by atoms with Crippen LogP contribution in [0.5, 0.6) is 0 Å². The van der Waals surface area contributed by atoms with Crippen LogP contribution in [0, 0.1) is 0 Å². The van der Waals surface area contributed by atoms with Crippen LogP contribution < -0.4 is 0 Å².